The zero-order valence-corrected chi connectivity index (χ0v) is 17.5. The van der Waals surface area contributed by atoms with Gasteiger partial charge in [0.2, 0.25) is 0 Å². The van der Waals surface area contributed by atoms with Crippen LogP contribution in [-0.4, -0.2) is 44.9 Å². The van der Waals surface area contributed by atoms with Gasteiger partial charge < -0.3 is 9.64 Å². The molecule has 0 unspecified atom stereocenters. The minimum atomic E-state index is -1.18. The fourth-order valence-electron chi connectivity index (χ4n) is 2.10. The predicted molar refractivity (Wildman–Crippen MR) is 103 cm³/mol. The monoisotopic (exact) mass is 360 g/mol. The number of amides is 1. The van der Waals surface area contributed by atoms with Crippen molar-refractivity contribution in [1.82, 2.24) is 4.90 Å². The molecule has 142 valence electrons. The van der Waals surface area contributed by atoms with Gasteiger partial charge in [-0.05, 0) is 66.7 Å². The van der Waals surface area contributed by atoms with E-state index in [1.807, 2.05) is 55.4 Å². The van der Waals surface area contributed by atoms with Gasteiger partial charge in [-0.2, -0.15) is 4.40 Å². The molecular formula is C18H36N2O3S. The lowest BCUT2D eigenvalue weighted by atomic mass is 9.94. The Morgan fingerprint density at radius 2 is 1.67 bits per heavy atom. The third kappa shape index (κ3) is 9.40. The third-order valence-electron chi connectivity index (χ3n) is 3.40. The Labute approximate surface area is 150 Å². The molecule has 1 fully saturated rings. The van der Waals surface area contributed by atoms with Gasteiger partial charge in [-0.1, -0.05) is 13.8 Å². The molecule has 1 saturated heterocycles. The average Bonchev–Trinajstić information content (AvgIpc) is 2.47. The molecule has 6 heteroatoms. The van der Waals surface area contributed by atoms with Crippen molar-refractivity contribution in [3.63, 3.8) is 0 Å². The Bertz CT molecular complexity index is 429. The highest BCUT2D eigenvalue weighted by Gasteiger charge is 2.26. The van der Waals surface area contributed by atoms with Gasteiger partial charge in [0.15, 0.2) is 0 Å². The molecule has 1 atom stereocenters. The van der Waals surface area contributed by atoms with Crippen LogP contribution in [0.15, 0.2) is 4.40 Å². The molecule has 1 aliphatic rings. The number of likely N-dealkylation sites (tertiary alicyclic amines) is 1. The normalized spacial score (nSPS) is 18.1. The van der Waals surface area contributed by atoms with E-state index in [2.05, 4.69) is 4.40 Å². The van der Waals surface area contributed by atoms with Crippen LogP contribution in [0, 0.1) is 5.92 Å². The number of hydrogen-bond acceptors (Lipinski definition) is 3. The largest absolute Gasteiger partial charge is 0.444 e. The smallest absolute Gasteiger partial charge is 0.410 e. The molecule has 0 aromatic carbocycles. The molecule has 1 amide bonds. The van der Waals surface area contributed by atoms with Crippen LogP contribution >= 0.6 is 0 Å². The second kappa shape index (κ2) is 10.2. The Morgan fingerprint density at radius 3 is 2.08 bits per heavy atom. The molecule has 0 aliphatic carbocycles. The van der Waals surface area contributed by atoms with Crippen molar-refractivity contribution in [2.75, 3.05) is 13.1 Å². The van der Waals surface area contributed by atoms with Crippen LogP contribution in [0.5, 0.6) is 0 Å². The van der Waals surface area contributed by atoms with Gasteiger partial charge in [-0.3, -0.25) is 0 Å². The minimum absolute atomic E-state index is 0.228. The van der Waals surface area contributed by atoms with Crippen LogP contribution < -0.4 is 0 Å². The lowest BCUT2D eigenvalue weighted by Gasteiger charge is -2.33. The van der Waals surface area contributed by atoms with Gasteiger partial charge in [0.25, 0.3) is 0 Å². The number of rotatable bonds is 3. The van der Waals surface area contributed by atoms with Crippen LogP contribution in [-0.2, 0) is 15.7 Å². The SMILES string of the molecule is CC.CC(C)(C)OC(=O)N1CCC(C/C=N/[S@@](=O)C(C)(C)C)CC1. The van der Waals surface area contributed by atoms with E-state index in [-0.39, 0.29) is 10.8 Å². The topological polar surface area (TPSA) is 59.0 Å². The molecule has 0 aromatic heterocycles. The fourth-order valence-corrected chi connectivity index (χ4v) is 2.63. The Hall–Kier alpha value is -0.910. The summed E-state index contributed by atoms with van der Waals surface area (Å²) >= 11 is 0. The molecule has 0 N–H and O–H groups in total. The molecule has 0 radical (unpaired) electrons. The number of nitrogens with zero attached hydrogens (tertiary/aromatic N) is 2. The van der Waals surface area contributed by atoms with Gasteiger partial charge in [0, 0.05) is 19.3 Å². The summed E-state index contributed by atoms with van der Waals surface area (Å²) < 4.78 is 21.0. The number of carbonyl (C=O) groups is 1. The fraction of sp³-hybridized carbons (Fsp3) is 0.889. The Morgan fingerprint density at radius 1 is 1.17 bits per heavy atom. The lowest BCUT2D eigenvalue weighted by molar-refractivity contribution is 0.0187. The molecule has 0 saturated carbocycles. The van der Waals surface area contributed by atoms with Crippen molar-refractivity contribution in [1.29, 1.82) is 0 Å². The average molecular weight is 361 g/mol. The van der Waals surface area contributed by atoms with Gasteiger partial charge in [0.05, 0.1) is 4.75 Å². The number of ether oxygens (including phenoxy) is 1. The van der Waals surface area contributed by atoms with E-state index in [1.54, 1.807) is 11.1 Å². The standard InChI is InChI=1S/C16H30N2O3S.C2H6/c1-15(2,3)21-14(19)18-11-8-13(9-12-18)7-10-17-22(20)16(4,5)6;1-2/h10,13H,7-9,11-12H2,1-6H3;1-2H3/b17-10+;/t22-;/m0./s1. The molecular weight excluding hydrogens is 324 g/mol. The number of hydrogen-bond donors (Lipinski definition) is 0. The van der Waals surface area contributed by atoms with E-state index < -0.39 is 16.6 Å². The van der Waals surface area contributed by atoms with Crippen molar-refractivity contribution >= 4 is 23.3 Å². The van der Waals surface area contributed by atoms with Crippen LogP contribution in [0.3, 0.4) is 0 Å². The Kier molecular flexibility index (Phi) is 9.78. The highest BCUT2D eigenvalue weighted by molar-refractivity contribution is 7.85. The van der Waals surface area contributed by atoms with Crippen molar-refractivity contribution in [2.24, 2.45) is 10.3 Å². The van der Waals surface area contributed by atoms with E-state index >= 15 is 0 Å². The zero-order valence-electron chi connectivity index (χ0n) is 16.7. The van der Waals surface area contributed by atoms with E-state index in [9.17, 15) is 9.00 Å². The first-order valence-corrected chi connectivity index (χ1v) is 10.0. The molecule has 0 bridgehead atoms. The molecule has 5 nitrogen and oxygen atoms in total. The predicted octanol–water partition coefficient (Wildman–Crippen LogP) is 4.58. The minimum Gasteiger partial charge on any atom is -0.444 e. The summed E-state index contributed by atoms with van der Waals surface area (Å²) in [7, 11) is -1.18. The summed E-state index contributed by atoms with van der Waals surface area (Å²) in [5, 5.41) is 0. The molecule has 0 spiro atoms. The van der Waals surface area contributed by atoms with Crippen LogP contribution in [0.1, 0.15) is 74.7 Å². The van der Waals surface area contributed by atoms with E-state index in [0.717, 1.165) is 32.4 Å². The van der Waals surface area contributed by atoms with Gasteiger partial charge in [-0.25, -0.2) is 9.00 Å². The maximum Gasteiger partial charge on any atom is 0.410 e. The first-order valence-electron chi connectivity index (χ1n) is 8.91. The van der Waals surface area contributed by atoms with Crippen molar-refractivity contribution in [2.45, 2.75) is 85.0 Å². The van der Waals surface area contributed by atoms with Crippen molar-refractivity contribution in [3.05, 3.63) is 0 Å². The molecule has 0 aromatic rings. The van der Waals surface area contributed by atoms with Gasteiger partial charge >= 0.3 is 6.09 Å². The summed E-state index contributed by atoms with van der Waals surface area (Å²) in [6, 6.07) is 0. The second-order valence-electron chi connectivity index (χ2n) is 7.80. The maximum atomic E-state index is 12.0. The van der Waals surface area contributed by atoms with Gasteiger partial charge in [-0.15, -0.1) is 0 Å². The van der Waals surface area contributed by atoms with Crippen molar-refractivity contribution < 1.29 is 13.7 Å². The van der Waals surface area contributed by atoms with Gasteiger partial charge in [0.1, 0.15) is 16.6 Å². The summed E-state index contributed by atoms with van der Waals surface area (Å²) in [5.41, 5.74) is -0.447. The lowest BCUT2D eigenvalue weighted by Crippen LogP contribution is -2.41. The number of piperidine rings is 1. The van der Waals surface area contributed by atoms with E-state index in [4.69, 9.17) is 4.74 Å². The van der Waals surface area contributed by atoms with E-state index in [0.29, 0.717) is 5.92 Å². The van der Waals surface area contributed by atoms with E-state index in [1.165, 1.54) is 0 Å². The Balaban J connectivity index is 0.00000254. The molecule has 1 rings (SSSR count). The van der Waals surface area contributed by atoms with Crippen LogP contribution in [0.25, 0.3) is 0 Å². The summed E-state index contributed by atoms with van der Waals surface area (Å²) in [5.74, 6) is 0.499. The van der Waals surface area contributed by atoms with Crippen molar-refractivity contribution in [3.8, 4) is 0 Å². The zero-order chi connectivity index (χ0) is 19.0. The summed E-state index contributed by atoms with van der Waals surface area (Å²) in [4.78, 5) is 13.7. The molecule has 1 heterocycles. The quantitative estimate of drug-likeness (QED) is 0.692. The molecule has 1 aliphatic heterocycles. The maximum absolute atomic E-state index is 12.0. The second-order valence-corrected chi connectivity index (χ2v) is 9.73. The summed E-state index contributed by atoms with van der Waals surface area (Å²) in [6.07, 6.45) is 4.26. The highest BCUT2D eigenvalue weighted by atomic mass is 32.2. The first-order chi connectivity index (χ1) is 11.0. The first kappa shape index (κ1) is 23.1. The third-order valence-corrected chi connectivity index (χ3v) is 4.79. The van der Waals surface area contributed by atoms with Crippen LogP contribution in [0.4, 0.5) is 4.79 Å². The number of carbonyl (C=O) groups excluding carboxylic acids is 1. The highest BCUT2D eigenvalue weighted by Crippen LogP contribution is 2.22. The molecule has 24 heavy (non-hydrogen) atoms. The summed E-state index contributed by atoms with van der Waals surface area (Å²) in [6.45, 7) is 16.8. The van der Waals surface area contributed by atoms with Crippen LogP contribution in [0.2, 0.25) is 0 Å².